The first kappa shape index (κ1) is 12.0. The van der Waals surface area contributed by atoms with E-state index in [1.165, 1.54) is 6.42 Å². The summed E-state index contributed by atoms with van der Waals surface area (Å²) in [5.41, 5.74) is 1.01. The molecular formula is C15H19N3O2. The molecule has 20 heavy (non-hydrogen) atoms. The fraction of sp³-hybridized carbons (Fsp3) is 0.533. The van der Waals surface area contributed by atoms with E-state index in [-0.39, 0.29) is 0 Å². The van der Waals surface area contributed by atoms with Crippen molar-refractivity contribution in [2.45, 2.75) is 31.4 Å². The van der Waals surface area contributed by atoms with Gasteiger partial charge in [-0.25, -0.2) is 4.68 Å². The van der Waals surface area contributed by atoms with Gasteiger partial charge in [0.15, 0.2) is 0 Å². The molecule has 2 aliphatic rings. The molecule has 1 aromatic carbocycles. The number of methoxy groups -OCH3 is 1. The molecule has 0 bridgehead atoms. The van der Waals surface area contributed by atoms with E-state index in [0.717, 1.165) is 48.5 Å². The number of nitrogens with one attached hydrogen (secondary N) is 1. The standard InChI is InChI=1S/C15H19N3O2/c1-19-10-4-5-12-11(9-10)15-16-7-6-13(18(15)17-12)14-3-2-8-20-14/h4-5,9,13-14,16H,2-3,6-8H2,1H3. The highest BCUT2D eigenvalue weighted by molar-refractivity contribution is 5.91. The van der Waals surface area contributed by atoms with Gasteiger partial charge in [-0.3, -0.25) is 0 Å². The third kappa shape index (κ3) is 1.77. The van der Waals surface area contributed by atoms with Crippen LogP contribution in [0.15, 0.2) is 18.2 Å². The largest absolute Gasteiger partial charge is 0.497 e. The third-order valence-electron chi connectivity index (χ3n) is 4.34. The van der Waals surface area contributed by atoms with Crippen LogP contribution in [0.3, 0.4) is 0 Å². The van der Waals surface area contributed by atoms with Crippen LogP contribution in [0.1, 0.15) is 25.3 Å². The van der Waals surface area contributed by atoms with Crippen molar-refractivity contribution in [3.8, 4) is 5.75 Å². The number of hydrogen-bond donors (Lipinski definition) is 1. The molecule has 5 nitrogen and oxygen atoms in total. The molecule has 2 aromatic rings. The molecule has 5 heteroatoms. The van der Waals surface area contributed by atoms with E-state index in [1.54, 1.807) is 7.11 Å². The van der Waals surface area contributed by atoms with Crippen LogP contribution in [-0.4, -0.2) is 36.1 Å². The Labute approximate surface area is 117 Å². The lowest BCUT2D eigenvalue weighted by Gasteiger charge is -2.29. The fourth-order valence-electron chi connectivity index (χ4n) is 3.33. The summed E-state index contributed by atoms with van der Waals surface area (Å²) in [6.07, 6.45) is 3.69. The summed E-state index contributed by atoms with van der Waals surface area (Å²) in [5, 5.41) is 9.38. The number of rotatable bonds is 2. The molecule has 1 N–H and O–H groups in total. The molecule has 2 atom stereocenters. The summed E-state index contributed by atoms with van der Waals surface area (Å²) in [5.74, 6) is 1.97. The minimum Gasteiger partial charge on any atom is -0.497 e. The zero-order chi connectivity index (χ0) is 13.5. The van der Waals surface area contributed by atoms with Crippen LogP contribution < -0.4 is 10.1 Å². The fourth-order valence-corrected chi connectivity index (χ4v) is 3.33. The second-order valence-corrected chi connectivity index (χ2v) is 5.51. The first-order valence-electron chi connectivity index (χ1n) is 7.28. The van der Waals surface area contributed by atoms with Crippen molar-refractivity contribution in [3.05, 3.63) is 18.2 Å². The Morgan fingerprint density at radius 2 is 2.35 bits per heavy atom. The zero-order valence-corrected chi connectivity index (χ0v) is 11.6. The van der Waals surface area contributed by atoms with E-state index in [2.05, 4.69) is 16.1 Å². The summed E-state index contributed by atoms with van der Waals surface area (Å²) in [6, 6.07) is 6.39. The van der Waals surface area contributed by atoms with E-state index in [1.807, 2.05) is 12.1 Å². The molecule has 0 saturated carbocycles. The van der Waals surface area contributed by atoms with Gasteiger partial charge in [-0.15, -0.1) is 0 Å². The number of fused-ring (bicyclic) bond motifs is 3. The number of benzene rings is 1. The highest BCUT2D eigenvalue weighted by atomic mass is 16.5. The molecule has 0 amide bonds. The van der Waals surface area contributed by atoms with E-state index in [9.17, 15) is 0 Å². The third-order valence-corrected chi connectivity index (χ3v) is 4.34. The first-order valence-corrected chi connectivity index (χ1v) is 7.28. The second-order valence-electron chi connectivity index (χ2n) is 5.51. The van der Waals surface area contributed by atoms with Crippen LogP contribution in [0.5, 0.6) is 5.75 Å². The molecule has 106 valence electrons. The lowest BCUT2D eigenvalue weighted by molar-refractivity contribution is 0.0594. The SMILES string of the molecule is COc1ccc2nn3c(c2c1)NCCC3C1CCCO1. The Bertz CT molecular complexity index is 631. The normalized spacial score (nSPS) is 25.4. The van der Waals surface area contributed by atoms with Crippen molar-refractivity contribution in [1.29, 1.82) is 0 Å². The molecule has 2 aliphatic heterocycles. The van der Waals surface area contributed by atoms with Gasteiger partial charge in [0.25, 0.3) is 0 Å². The van der Waals surface area contributed by atoms with Gasteiger partial charge in [0.1, 0.15) is 11.6 Å². The zero-order valence-electron chi connectivity index (χ0n) is 11.6. The molecule has 0 aliphatic carbocycles. The van der Waals surface area contributed by atoms with E-state index in [4.69, 9.17) is 14.6 Å². The summed E-state index contributed by atoms with van der Waals surface area (Å²) in [7, 11) is 1.69. The van der Waals surface area contributed by atoms with E-state index < -0.39 is 0 Å². The summed E-state index contributed by atoms with van der Waals surface area (Å²) < 4.78 is 13.3. The van der Waals surface area contributed by atoms with Crippen molar-refractivity contribution in [2.75, 3.05) is 25.6 Å². The minimum atomic E-state index is 0.312. The Morgan fingerprint density at radius 3 is 3.15 bits per heavy atom. The maximum absolute atomic E-state index is 5.88. The molecule has 1 aromatic heterocycles. The molecule has 2 unspecified atom stereocenters. The molecule has 4 rings (SSSR count). The predicted octanol–water partition coefficient (Wildman–Crippen LogP) is 2.58. The van der Waals surface area contributed by atoms with Gasteiger partial charge >= 0.3 is 0 Å². The lowest BCUT2D eigenvalue weighted by atomic mass is 10.0. The van der Waals surface area contributed by atoms with Gasteiger partial charge in [-0.1, -0.05) is 0 Å². The number of aromatic nitrogens is 2. The number of ether oxygens (including phenoxy) is 2. The van der Waals surface area contributed by atoms with Crippen LogP contribution in [0.25, 0.3) is 10.9 Å². The highest BCUT2D eigenvalue weighted by Gasteiger charge is 2.32. The Balaban J connectivity index is 1.81. The Kier molecular flexibility index (Phi) is 2.80. The topological polar surface area (TPSA) is 48.3 Å². The van der Waals surface area contributed by atoms with Crippen LogP contribution in [-0.2, 0) is 4.74 Å². The van der Waals surface area contributed by atoms with Crippen LogP contribution in [0, 0.1) is 0 Å². The quantitative estimate of drug-likeness (QED) is 0.913. The molecule has 1 saturated heterocycles. The predicted molar refractivity (Wildman–Crippen MR) is 77.4 cm³/mol. The van der Waals surface area contributed by atoms with Gasteiger partial charge in [0.05, 0.1) is 24.8 Å². The monoisotopic (exact) mass is 273 g/mol. The van der Waals surface area contributed by atoms with Crippen molar-refractivity contribution >= 4 is 16.7 Å². The number of anilines is 1. The van der Waals surface area contributed by atoms with Crippen LogP contribution >= 0.6 is 0 Å². The van der Waals surface area contributed by atoms with Gasteiger partial charge < -0.3 is 14.8 Å². The van der Waals surface area contributed by atoms with Crippen molar-refractivity contribution < 1.29 is 9.47 Å². The van der Waals surface area contributed by atoms with Gasteiger partial charge in [0, 0.05) is 18.5 Å². The van der Waals surface area contributed by atoms with Crippen molar-refractivity contribution in [2.24, 2.45) is 0 Å². The molecule has 1 fully saturated rings. The maximum atomic E-state index is 5.88. The number of hydrogen-bond acceptors (Lipinski definition) is 4. The van der Waals surface area contributed by atoms with Crippen molar-refractivity contribution in [3.63, 3.8) is 0 Å². The summed E-state index contributed by atoms with van der Waals surface area (Å²) in [4.78, 5) is 0. The highest BCUT2D eigenvalue weighted by Crippen LogP contribution is 2.37. The molecule has 3 heterocycles. The lowest BCUT2D eigenvalue weighted by Crippen LogP contribution is -2.31. The van der Waals surface area contributed by atoms with Crippen LogP contribution in [0.4, 0.5) is 5.82 Å². The van der Waals surface area contributed by atoms with Gasteiger partial charge in [-0.2, -0.15) is 5.10 Å². The second kappa shape index (κ2) is 4.66. The molecule has 0 spiro atoms. The summed E-state index contributed by atoms with van der Waals surface area (Å²) >= 11 is 0. The van der Waals surface area contributed by atoms with Crippen molar-refractivity contribution in [1.82, 2.24) is 9.78 Å². The van der Waals surface area contributed by atoms with E-state index in [0.29, 0.717) is 12.1 Å². The summed E-state index contributed by atoms with van der Waals surface area (Å²) in [6.45, 7) is 1.86. The Morgan fingerprint density at radius 1 is 1.40 bits per heavy atom. The van der Waals surface area contributed by atoms with Gasteiger partial charge in [-0.05, 0) is 37.5 Å². The average molecular weight is 273 g/mol. The smallest absolute Gasteiger partial charge is 0.132 e. The Hall–Kier alpha value is -1.75. The minimum absolute atomic E-state index is 0.312. The number of nitrogens with zero attached hydrogens (tertiary/aromatic N) is 2. The maximum Gasteiger partial charge on any atom is 0.132 e. The molecule has 0 radical (unpaired) electrons. The average Bonchev–Trinajstić information content (AvgIpc) is 3.13. The van der Waals surface area contributed by atoms with E-state index >= 15 is 0 Å². The van der Waals surface area contributed by atoms with Gasteiger partial charge in [0.2, 0.25) is 0 Å². The molecular weight excluding hydrogens is 254 g/mol. The first-order chi connectivity index (χ1) is 9.86. The van der Waals surface area contributed by atoms with Crippen LogP contribution in [0.2, 0.25) is 0 Å².